The number of aliphatic hydroxyl groups is 1. The molecule has 110 valence electrons. The summed E-state index contributed by atoms with van der Waals surface area (Å²) in [6.45, 7) is 1.09. The smallest absolute Gasteiger partial charge is 0.262 e. The number of nitrogens with zero attached hydrogens (tertiary/aromatic N) is 2. The van der Waals surface area contributed by atoms with Gasteiger partial charge in [0.15, 0.2) is 0 Å². The van der Waals surface area contributed by atoms with E-state index >= 15 is 0 Å². The molecular weight excluding hydrogens is 268 g/mol. The van der Waals surface area contributed by atoms with Crippen molar-refractivity contribution in [3.05, 3.63) is 40.3 Å². The fourth-order valence-corrected chi connectivity index (χ4v) is 2.72. The van der Waals surface area contributed by atoms with Crippen molar-refractivity contribution < 1.29 is 5.11 Å². The van der Waals surface area contributed by atoms with Crippen LogP contribution in [0.4, 0.5) is 0 Å². The molecule has 3 aromatic rings. The van der Waals surface area contributed by atoms with Crippen LogP contribution in [-0.2, 0) is 13.0 Å². The second-order valence-corrected chi connectivity index (χ2v) is 5.02. The normalized spacial score (nSPS) is 11.5. The van der Waals surface area contributed by atoms with Gasteiger partial charge in [-0.2, -0.15) is 5.10 Å². The number of benzene rings is 1. The Bertz CT molecular complexity index is 835. The van der Waals surface area contributed by atoms with Crippen molar-refractivity contribution in [2.45, 2.75) is 19.4 Å². The maximum absolute atomic E-state index is 12.8. The number of hydrogen-bond acceptors (Lipinski definition) is 4. The lowest BCUT2D eigenvalue weighted by Crippen LogP contribution is -2.22. The van der Waals surface area contributed by atoms with Gasteiger partial charge in [0.2, 0.25) is 0 Å². The Morgan fingerprint density at radius 1 is 1.33 bits per heavy atom. The third-order valence-corrected chi connectivity index (χ3v) is 3.70. The minimum Gasteiger partial charge on any atom is -0.396 e. The number of para-hydroxylation sites is 1. The lowest BCUT2D eigenvalue weighted by atomic mass is 10.1. The maximum atomic E-state index is 12.8. The number of pyridine rings is 1. The van der Waals surface area contributed by atoms with Crippen LogP contribution in [0.2, 0.25) is 0 Å². The first-order chi connectivity index (χ1) is 10.3. The molecule has 4 N–H and O–H groups in total. The van der Waals surface area contributed by atoms with Gasteiger partial charge in [-0.05, 0) is 19.0 Å². The summed E-state index contributed by atoms with van der Waals surface area (Å²) in [7, 11) is 0. The van der Waals surface area contributed by atoms with Crippen LogP contribution in [0.5, 0.6) is 0 Å². The first kappa shape index (κ1) is 13.8. The van der Waals surface area contributed by atoms with Gasteiger partial charge < -0.3 is 15.4 Å². The Labute approximate surface area is 121 Å². The van der Waals surface area contributed by atoms with Gasteiger partial charge in [0.05, 0.1) is 16.6 Å². The number of rotatable bonds is 5. The molecule has 0 saturated carbocycles. The molecule has 0 radical (unpaired) electrons. The molecule has 21 heavy (non-hydrogen) atoms. The molecule has 0 aliphatic heterocycles. The highest BCUT2D eigenvalue weighted by molar-refractivity contribution is 6.03. The highest BCUT2D eigenvalue weighted by Crippen LogP contribution is 2.23. The Balaban J connectivity index is 2.37. The minimum absolute atomic E-state index is 0.0215. The summed E-state index contributed by atoms with van der Waals surface area (Å²) >= 11 is 0. The van der Waals surface area contributed by atoms with E-state index in [1.807, 2.05) is 24.3 Å². The highest BCUT2D eigenvalue weighted by Gasteiger charge is 2.16. The Morgan fingerprint density at radius 2 is 2.14 bits per heavy atom. The molecule has 0 fully saturated rings. The SMILES string of the molecule is NCCCn1c(=O)c2c(CCO)[nH]nc2c2ccccc21. The predicted molar refractivity (Wildman–Crippen MR) is 82.3 cm³/mol. The average molecular weight is 286 g/mol. The Morgan fingerprint density at radius 3 is 2.90 bits per heavy atom. The fourth-order valence-electron chi connectivity index (χ4n) is 2.72. The van der Waals surface area contributed by atoms with E-state index in [4.69, 9.17) is 10.8 Å². The number of fused-ring (bicyclic) bond motifs is 3. The summed E-state index contributed by atoms with van der Waals surface area (Å²) in [6, 6.07) is 7.72. The van der Waals surface area contributed by atoms with Gasteiger partial charge in [0.1, 0.15) is 5.52 Å². The predicted octanol–water partition coefficient (Wildman–Crippen LogP) is 0.761. The molecule has 0 aliphatic rings. The van der Waals surface area contributed by atoms with E-state index in [0.29, 0.717) is 36.1 Å². The summed E-state index contributed by atoms with van der Waals surface area (Å²) < 4.78 is 1.75. The van der Waals surface area contributed by atoms with Crippen LogP contribution in [0.1, 0.15) is 12.1 Å². The van der Waals surface area contributed by atoms with E-state index in [2.05, 4.69) is 10.2 Å². The van der Waals surface area contributed by atoms with Crippen molar-refractivity contribution in [3.8, 4) is 0 Å². The number of aryl methyl sites for hydroxylation is 1. The van der Waals surface area contributed by atoms with Crippen LogP contribution < -0.4 is 11.3 Å². The quantitative estimate of drug-likeness (QED) is 0.645. The van der Waals surface area contributed by atoms with Crippen LogP contribution in [0, 0.1) is 0 Å². The molecule has 0 spiro atoms. The number of H-pyrrole nitrogens is 1. The molecule has 0 aliphatic carbocycles. The summed E-state index contributed by atoms with van der Waals surface area (Å²) in [4.78, 5) is 12.8. The Hall–Kier alpha value is -2.18. The van der Waals surface area contributed by atoms with Gasteiger partial charge in [-0.1, -0.05) is 18.2 Å². The average Bonchev–Trinajstić information content (AvgIpc) is 2.92. The van der Waals surface area contributed by atoms with Crippen molar-refractivity contribution in [2.24, 2.45) is 5.73 Å². The summed E-state index contributed by atoms with van der Waals surface area (Å²) in [5.41, 5.74) is 7.72. The second kappa shape index (κ2) is 5.67. The third-order valence-electron chi connectivity index (χ3n) is 3.70. The first-order valence-corrected chi connectivity index (χ1v) is 7.07. The van der Waals surface area contributed by atoms with Crippen molar-refractivity contribution in [3.63, 3.8) is 0 Å². The van der Waals surface area contributed by atoms with Gasteiger partial charge in [0, 0.05) is 25.0 Å². The molecule has 6 nitrogen and oxygen atoms in total. The highest BCUT2D eigenvalue weighted by atomic mass is 16.3. The molecule has 6 heteroatoms. The lowest BCUT2D eigenvalue weighted by Gasteiger charge is -2.10. The monoisotopic (exact) mass is 286 g/mol. The zero-order chi connectivity index (χ0) is 14.8. The van der Waals surface area contributed by atoms with Crippen LogP contribution >= 0.6 is 0 Å². The van der Waals surface area contributed by atoms with Crippen LogP contribution in [0.3, 0.4) is 0 Å². The summed E-state index contributed by atoms with van der Waals surface area (Å²) in [6.07, 6.45) is 1.13. The molecule has 2 heterocycles. The number of hydrogen-bond donors (Lipinski definition) is 3. The van der Waals surface area contributed by atoms with E-state index in [1.54, 1.807) is 4.57 Å². The van der Waals surface area contributed by atoms with E-state index in [-0.39, 0.29) is 12.2 Å². The fraction of sp³-hybridized carbons (Fsp3) is 0.333. The minimum atomic E-state index is -0.0747. The number of aromatic nitrogens is 3. The molecule has 0 saturated heterocycles. The molecule has 1 aromatic carbocycles. The van der Waals surface area contributed by atoms with Crippen molar-refractivity contribution in [2.75, 3.05) is 13.2 Å². The maximum Gasteiger partial charge on any atom is 0.262 e. The van der Waals surface area contributed by atoms with Crippen LogP contribution in [-0.4, -0.2) is 33.0 Å². The second-order valence-electron chi connectivity index (χ2n) is 5.02. The molecule has 0 atom stereocenters. The zero-order valence-corrected chi connectivity index (χ0v) is 11.7. The van der Waals surface area contributed by atoms with E-state index in [0.717, 1.165) is 17.3 Å². The standard InChI is InChI=1S/C15H18N4O2/c16-7-3-8-19-12-5-2-1-4-10(12)14-13(15(19)21)11(6-9-20)17-18-14/h1-2,4-5,20H,3,6-9,16H2,(H,17,18). The number of nitrogens with one attached hydrogen (secondary N) is 1. The van der Waals surface area contributed by atoms with Crippen molar-refractivity contribution in [1.29, 1.82) is 0 Å². The van der Waals surface area contributed by atoms with Gasteiger partial charge in [-0.15, -0.1) is 0 Å². The van der Waals surface area contributed by atoms with E-state index in [1.165, 1.54) is 0 Å². The van der Waals surface area contributed by atoms with Crippen molar-refractivity contribution in [1.82, 2.24) is 14.8 Å². The first-order valence-electron chi connectivity index (χ1n) is 7.07. The van der Waals surface area contributed by atoms with Gasteiger partial charge in [-0.25, -0.2) is 0 Å². The van der Waals surface area contributed by atoms with Gasteiger partial charge in [-0.3, -0.25) is 9.89 Å². The lowest BCUT2D eigenvalue weighted by molar-refractivity contribution is 0.298. The van der Waals surface area contributed by atoms with Crippen LogP contribution in [0.15, 0.2) is 29.1 Å². The van der Waals surface area contributed by atoms with Crippen molar-refractivity contribution >= 4 is 21.8 Å². The molecular formula is C15H18N4O2. The number of nitrogens with two attached hydrogens (primary N) is 1. The van der Waals surface area contributed by atoms with Gasteiger partial charge in [0.25, 0.3) is 5.56 Å². The number of aromatic amines is 1. The number of aliphatic hydroxyl groups excluding tert-OH is 1. The third kappa shape index (κ3) is 2.22. The molecule has 3 rings (SSSR count). The topological polar surface area (TPSA) is 96.9 Å². The molecule has 0 amide bonds. The zero-order valence-electron chi connectivity index (χ0n) is 11.7. The molecule has 0 unspecified atom stereocenters. The van der Waals surface area contributed by atoms with Crippen LogP contribution in [0.25, 0.3) is 21.8 Å². The van der Waals surface area contributed by atoms with E-state index < -0.39 is 0 Å². The molecule has 2 aromatic heterocycles. The summed E-state index contributed by atoms with van der Waals surface area (Å²) in [5, 5.41) is 17.8. The summed E-state index contributed by atoms with van der Waals surface area (Å²) in [5.74, 6) is 0. The van der Waals surface area contributed by atoms with E-state index in [9.17, 15) is 4.79 Å². The van der Waals surface area contributed by atoms with Gasteiger partial charge >= 0.3 is 0 Å². The largest absolute Gasteiger partial charge is 0.396 e. The Kier molecular flexibility index (Phi) is 3.72. The molecule has 0 bridgehead atoms.